The van der Waals surface area contributed by atoms with Crippen LogP contribution in [0, 0.1) is 5.82 Å². The number of nitrogens with one attached hydrogen (secondary N) is 1. The van der Waals surface area contributed by atoms with Gasteiger partial charge in [-0.15, -0.1) is 0 Å². The van der Waals surface area contributed by atoms with Crippen LogP contribution in [0.5, 0.6) is 0 Å². The van der Waals surface area contributed by atoms with Crippen LogP contribution in [0.25, 0.3) is 10.8 Å². The number of fused-ring (bicyclic) bond motifs is 1. The van der Waals surface area contributed by atoms with Gasteiger partial charge in [-0.3, -0.25) is 9.59 Å². The summed E-state index contributed by atoms with van der Waals surface area (Å²) in [5, 5.41) is 5.14. The van der Waals surface area contributed by atoms with Gasteiger partial charge in [0.05, 0.1) is 15.6 Å². The molecule has 1 saturated heterocycles. The van der Waals surface area contributed by atoms with Crippen molar-refractivity contribution in [3.05, 3.63) is 74.4 Å². The fraction of sp³-hybridized carbons (Fsp3) is 0.333. The summed E-state index contributed by atoms with van der Waals surface area (Å²) >= 11 is 12.7. The normalized spacial score (nSPS) is 18.5. The summed E-state index contributed by atoms with van der Waals surface area (Å²) in [4.78, 5) is 26.7. The smallest absolute Gasteiger partial charge is 0.258 e. The number of carbonyl (C=O) groups excluding carboxylic acids is 1. The Hall–Kier alpha value is -2.57. The van der Waals surface area contributed by atoms with Gasteiger partial charge in [-0.05, 0) is 56.0 Å². The predicted octanol–water partition coefficient (Wildman–Crippen LogP) is 5.59. The van der Waals surface area contributed by atoms with Crippen molar-refractivity contribution in [2.75, 3.05) is 18.4 Å². The lowest BCUT2D eigenvalue weighted by Gasteiger charge is -2.33. The van der Waals surface area contributed by atoms with Gasteiger partial charge in [0.25, 0.3) is 5.56 Å². The minimum Gasteiger partial charge on any atom is -0.374 e. The van der Waals surface area contributed by atoms with Crippen molar-refractivity contribution in [2.45, 2.75) is 38.8 Å². The molecule has 1 amide bonds. The molecule has 0 spiro atoms. The zero-order valence-electron chi connectivity index (χ0n) is 18.1. The third-order valence-electron chi connectivity index (χ3n) is 6.11. The van der Waals surface area contributed by atoms with Crippen molar-refractivity contribution in [2.24, 2.45) is 0 Å². The van der Waals surface area contributed by atoms with E-state index in [2.05, 4.69) is 5.32 Å². The first-order valence-corrected chi connectivity index (χ1v) is 11.2. The van der Waals surface area contributed by atoms with Gasteiger partial charge in [0.1, 0.15) is 5.82 Å². The second-order valence-electron chi connectivity index (χ2n) is 8.54. The van der Waals surface area contributed by atoms with Gasteiger partial charge in [0.2, 0.25) is 5.91 Å². The summed E-state index contributed by atoms with van der Waals surface area (Å²) in [6, 6.07) is 10.1. The molecular weight excluding hydrogens is 452 g/mol. The van der Waals surface area contributed by atoms with Crippen LogP contribution in [0.3, 0.4) is 0 Å². The molecule has 0 unspecified atom stereocenters. The summed E-state index contributed by atoms with van der Waals surface area (Å²) in [5.74, 6) is -0.606. The fourth-order valence-electron chi connectivity index (χ4n) is 4.43. The predicted molar refractivity (Wildman–Crippen MR) is 127 cm³/mol. The Labute approximate surface area is 195 Å². The van der Waals surface area contributed by atoms with Crippen molar-refractivity contribution in [3.8, 4) is 0 Å². The average molecular weight is 476 g/mol. The van der Waals surface area contributed by atoms with Crippen LogP contribution < -0.4 is 10.9 Å². The summed E-state index contributed by atoms with van der Waals surface area (Å²) in [6.45, 7) is 6.05. The lowest BCUT2D eigenvalue weighted by atomic mass is 9.87. The molecule has 1 aliphatic rings. The molecule has 32 heavy (non-hydrogen) atoms. The van der Waals surface area contributed by atoms with Crippen LogP contribution in [0.4, 0.5) is 10.1 Å². The van der Waals surface area contributed by atoms with Gasteiger partial charge in [-0.25, -0.2) is 4.39 Å². The quantitative estimate of drug-likeness (QED) is 0.500. The Morgan fingerprint density at radius 3 is 2.59 bits per heavy atom. The van der Waals surface area contributed by atoms with E-state index in [1.807, 2.05) is 32.0 Å². The fourth-order valence-corrected chi connectivity index (χ4v) is 4.92. The highest BCUT2D eigenvalue weighted by Gasteiger charge is 2.44. The van der Waals surface area contributed by atoms with E-state index in [4.69, 9.17) is 23.2 Å². The molecule has 1 N–H and O–H groups in total. The number of likely N-dealkylation sites (tertiary alicyclic amines) is 1. The second-order valence-corrected chi connectivity index (χ2v) is 9.32. The lowest BCUT2D eigenvalue weighted by Crippen LogP contribution is -2.40. The lowest BCUT2D eigenvalue weighted by molar-refractivity contribution is -0.127. The van der Waals surface area contributed by atoms with Gasteiger partial charge in [-0.2, -0.15) is 0 Å². The molecule has 5 nitrogen and oxygen atoms in total. The molecule has 1 atom stereocenters. The number of amides is 1. The molecule has 0 aliphatic carbocycles. The summed E-state index contributed by atoms with van der Waals surface area (Å²) < 4.78 is 16.7. The largest absolute Gasteiger partial charge is 0.374 e. The molecule has 0 radical (unpaired) electrons. The van der Waals surface area contributed by atoms with E-state index in [0.29, 0.717) is 24.0 Å². The van der Waals surface area contributed by atoms with Crippen molar-refractivity contribution in [3.63, 3.8) is 0 Å². The zero-order valence-corrected chi connectivity index (χ0v) is 19.6. The third-order valence-corrected chi connectivity index (χ3v) is 6.91. The maximum absolute atomic E-state index is 15.1. The first-order valence-electron chi connectivity index (χ1n) is 10.5. The van der Waals surface area contributed by atoms with Crippen LogP contribution in [0.15, 0.2) is 47.4 Å². The van der Waals surface area contributed by atoms with Crippen molar-refractivity contribution < 1.29 is 9.18 Å². The Morgan fingerprint density at radius 1 is 1.19 bits per heavy atom. The number of nitrogens with zero attached hydrogens (tertiary/aromatic N) is 2. The molecule has 1 aromatic heterocycles. The Morgan fingerprint density at radius 2 is 1.94 bits per heavy atom. The van der Waals surface area contributed by atoms with Gasteiger partial charge in [0, 0.05) is 48.9 Å². The zero-order chi connectivity index (χ0) is 23.2. The van der Waals surface area contributed by atoms with Gasteiger partial charge >= 0.3 is 0 Å². The summed E-state index contributed by atoms with van der Waals surface area (Å²) in [5.41, 5.74) is -0.226. The first kappa shape index (κ1) is 22.6. The van der Waals surface area contributed by atoms with Crippen LogP contribution in [-0.2, 0) is 10.3 Å². The average Bonchev–Trinajstić information content (AvgIpc) is 3.16. The van der Waals surface area contributed by atoms with Crippen LogP contribution in [-0.4, -0.2) is 28.5 Å². The van der Waals surface area contributed by atoms with Crippen molar-refractivity contribution >= 4 is 45.6 Å². The standard InChI is InChI=1S/C24H24Cl2FN3O2/c1-14(2)30-10-8-16-4-5-17(12-18(16)23(30)32)28-24(9-11-29(13-24)15(3)31)21-20(27)7-6-19(25)22(21)26/h4-8,10,12,14,28H,9,11,13H2,1-3H3/t24-/m1/s1. The van der Waals surface area contributed by atoms with Crippen molar-refractivity contribution in [1.82, 2.24) is 9.47 Å². The van der Waals surface area contributed by atoms with Gasteiger partial charge < -0.3 is 14.8 Å². The SMILES string of the molecule is CC(=O)N1CC[C@](Nc2ccc3ccn(C(C)C)c(=O)c3c2)(c2c(F)ccc(Cl)c2Cl)C1. The number of carbonyl (C=O) groups is 1. The topological polar surface area (TPSA) is 54.3 Å². The number of rotatable bonds is 4. The number of pyridine rings is 1. The van der Waals surface area contributed by atoms with Gasteiger partial charge in [-0.1, -0.05) is 29.3 Å². The van der Waals surface area contributed by atoms with E-state index in [1.165, 1.54) is 19.1 Å². The molecule has 168 valence electrons. The molecule has 1 fully saturated rings. The monoisotopic (exact) mass is 475 g/mol. The van der Waals surface area contributed by atoms with Gasteiger partial charge in [0.15, 0.2) is 0 Å². The molecule has 1 aliphatic heterocycles. The minimum absolute atomic E-state index is 0.0215. The maximum Gasteiger partial charge on any atom is 0.258 e. The maximum atomic E-state index is 15.1. The number of hydrogen-bond donors (Lipinski definition) is 1. The Kier molecular flexibility index (Phi) is 5.94. The van der Waals surface area contributed by atoms with E-state index >= 15 is 4.39 Å². The highest BCUT2D eigenvalue weighted by molar-refractivity contribution is 6.42. The van der Waals surface area contributed by atoms with Crippen LogP contribution >= 0.6 is 23.2 Å². The number of aromatic nitrogens is 1. The molecule has 2 heterocycles. The first-order chi connectivity index (χ1) is 15.1. The minimum atomic E-state index is -0.989. The van der Waals surface area contributed by atoms with Crippen molar-refractivity contribution in [1.29, 1.82) is 0 Å². The number of anilines is 1. The Balaban J connectivity index is 1.85. The highest BCUT2D eigenvalue weighted by Crippen LogP contribution is 2.43. The summed E-state index contributed by atoms with van der Waals surface area (Å²) in [7, 11) is 0. The number of hydrogen-bond acceptors (Lipinski definition) is 3. The molecule has 3 aromatic rings. The second kappa shape index (κ2) is 8.41. The number of halogens is 3. The Bertz CT molecular complexity index is 1270. The van der Waals surface area contributed by atoms with E-state index in [1.54, 1.807) is 21.7 Å². The van der Waals surface area contributed by atoms with E-state index in [9.17, 15) is 9.59 Å². The highest BCUT2D eigenvalue weighted by atomic mass is 35.5. The van der Waals surface area contributed by atoms with E-state index < -0.39 is 11.4 Å². The van der Waals surface area contributed by atoms with Crippen LogP contribution in [0.2, 0.25) is 10.0 Å². The molecular formula is C24H24Cl2FN3O2. The molecule has 4 rings (SSSR count). The number of benzene rings is 2. The molecule has 8 heteroatoms. The molecule has 0 saturated carbocycles. The molecule has 0 bridgehead atoms. The molecule has 2 aromatic carbocycles. The van der Waals surface area contributed by atoms with E-state index in [0.717, 1.165) is 5.39 Å². The third kappa shape index (κ3) is 3.86. The van der Waals surface area contributed by atoms with E-state index in [-0.39, 0.29) is 39.7 Å². The van der Waals surface area contributed by atoms with Crippen LogP contribution in [0.1, 0.15) is 38.8 Å². The summed E-state index contributed by atoms with van der Waals surface area (Å²) in [6.07, 6.45) is 2.22.